The topological polar surface area (TPSA) is 75.8 Å². The van der Waals surface area contributed by atoms with Crippen molar-refractivity contribution in [3.8, 4) is 0 Å². The molecule has 3 N–H and O–H groups in total. The normalized spacial score (nSPS) is 22.2. The molecule has 0 saturated carbocycles. The molecule has 2 rings (SSSR count). The second-order valence-electron chi connectivity index (χ2n) is 5.41. The largest absolute Gasteiger partial charge is 0.479 e. The van der Waals surface area contributed by atoms with E-state index >= 15 is 0 Å². The van der Waals surface area contributed by atoms with E-state index in [0.29, 0.717) is 13.2 Å². The van der Waals surface area contributed by atoms with Crippen LogP contribution in [0.4, 0.5) is 0 Å². The van der Waals surface area contributed by atoms with Crippen molar-refractivity contribution in [2.45, 2.75) is 30.9 Å². The third-order valence-corrected chi connectivity index (χ3v) is 5.39. The number of carboxylic acid groups (broad SMARTS) is 1. The number of ether oxygens (including phenoxy) is 1. The minimum atomic E-state index is -0.884. The summed E-state index contributed by atoms with van der Waals surface area (Å²) in [6.45, 7) is 3.81. The van der Waals surface area contributed by atoms with Gasteiger partial charge in [-0.3, -0.25) is 4.90 Å². The molecular formula is C16H24N2O3S. The molecule has 0 bridgehead atoms. The van der Waals surface area contributed by atoms with Crippen LogP contribution in [0.5, 0.6) is 0 Å². The first-order chi connectivity index (χ1) is 10.6. The minimum absolute atomic E-state index is 0.00318. The van der Waals surface area contributed by atoms with Gasteiger partial charge in [0.15, 0.2) is 6.10 Å². The average molecular weight is 324 g/mol. The van der Waals surface area contributed by atoms with Crippen LogP contribution in [0.1, 0.15) is 24.9 Å². The molecule has 1 saturated heterocycles. The van der Waals surface area contributed by atoms with Crippen LogP contribution in [0.15, 0.2) is 30.3 Å². The summed E-state index contributed by atoms with van der Waals surface area (Å²) in [6, 6.07) is 10.1. The van der Waals surface area contributed by atoms with E-state index in [9.17, 15) is 4.79 Å². The molecule has 3 unspecified atom stereocenters. The number of hydrogen-bond acceptors (Lipinski definition) is 5. The van der Waals surface area contributed by atoms with Crippen LogP contribution in [0.2, 0.25) is 0 Å². The van der Waals surface area contributed by atoms with Gasteiger partial charge in [0.1, 0.15) is 0 Å². The van der Waals surface area contributed by atoms with Crippen molar-refractivity contribution in [2.24, 2.45) is 5.73 Å². The first-order valence-corrected chi connectivity index (χ1v) is 8.67. The molecule has 1 aromatic rings. The summed E-state index contributed by atoms with van der Waals surface area (Å²) in [4.78, 5) is 13.3. The quantitative estimate of drug-likeness (QED) is 0.798. The van der Waals surface area contributed by atoms with E-state index in [4.69, 9.17) is 15.6 Å². The van der Waals surface area contributed by atoms with E-state index in [1.165, 1.54) is 0 Å². The van der Waals surface area contributed by atoms with Gasteiger partial charge in [-0.05, 0) is 12.0 Å². The Morgan fingerprint density at radius 3 is 2.86 bits per heavy atom. The van der Waals surface area contributed by atoms with Crippen molar-refractivity contribution in [1.82, 2.24) is 4.90 Å². The van der Waals surface area contributed by atoms with E-state index in [-0.39, 0.29) is 11.4 Å². The lowest BCUT2D eigenvalue weighted by Crippen LogP contribution is -2.49. The zero-order valence-electron chi connectivity index (χ0n) is 12.9. The Bertz CT molecular complexity index is 472. The molecule has 1 heterocycles. The molecule has 1 aliphatic rings. The second-order valence-corrected chi connectivity index (χ2v) is 6.62. The molecule has 0 spiro atoms. The number of rotatable bonds is 7. The van der Waals surface area contributed by atoms with Crippen molar-refractivity contribution in [3.05, 3.63) is 35.9 Å². The van der Waals surface area contributed by atoms with Gasteiger partial charge in [-0.1, -0.05) is 37.3 Å². The van der Waals surface area contributed by atoms with Gasteiger partial charge in [-0.2, -0.15) is 0 Å². The molecule has 0 aromatic heterocycles. The molecule has 3 atom stereocenters. The molecule has 0 amide bonds. The molecule has 5 nitrogen and oxygen atoms in total. The standard InChI is InChI=1S/C16H24N2O3S/c1-2-15(18-8-9-21-14(10-18)16(19)20)22-11-13(17)12-6-4-3-5-7-12/h3-7,13-15H,2,8-11,17H2,1H3,(H,19,20). The maximum atomic E-state index is 11.1. The smallest absolute Gasteiger partial charge is 0.334 e. The van der Waals surface area contributed by atoms with Gasteiger partial charge in [0.25, 0.3) is 0 Å². The van der Waals surface area contributed by atoms with Crippen molar-refractivity contribution in [2.75, 3.05) is 25.4 Å². The van der Waals surface area contributed by atoms with Crippen LogP contribution in [0, 0.1) is 0 Å². The van der Waals surface area contributed by atoms with Gasteiger partial charge in [0.05, 0.1) is 12.0 Å². The predicted octanol–water partition coefficient (Wildman–Crippen LogP) is 1.94. The Labute approximate surface area is 135 Å². The third-order valence-electron chi connectivity index (χ3n) is 3.83. The number of aliphatic carboxylic acids is 1. The third kappa shape index (κ3) is 4.71. The average Bonchev–Trinajstić information content (AvgIpc) is 2.56. The van der Waals surface area contributed by atoms with Crippen molar-refractivity contribution in [3.63, 3.8) is 0 Å². The van der Waals surface area contributed by atoms with Crippen molar-refractivity contribution in [1.29, 1.82) is 0 Å². The summed E-state index contributed by atoms with van der Waals surface area (Å²) in [5.74, 6) is -0.0667. The molecule has 0 radical (unpaired) electrons. The molecule has 1 aromatic carbocycles. The van der Waals surface area contributed by atoms with Gasteiger partial charge in [-0.25, -0.2) is 4.79 Å². The van der Waals surface area contributed by atoms with Crippen LogP contribution >= 0.6 is 11.8 Å². The highest BCUT2D eigenvalue weighted by Crippen LogP contribution is 2.25. The highest BCUT2D eigenvalue weighted by molar-refractivity contribution is 7.99. The van der Waals surface area contributed by atoms with Gasteiger partial charge in [0.2, 0.25) is 0 Å². The highest BCUT2D eigenvalue weighted by Gasteiger charge is 2.30. The van der Waals surface area contributed by atoms with Crippen LogP contribution in [0.3, 0.4) is 0 Å². The molecule has 1 fully saturated rings. The zero-order chi connectivity index (χ0) is 15.9. The summed E-state index contributed by atoms with van der Waals surface area (Å²) in [7, 11) is 0. The SMILES string of the molecule is CCC(SCC(N)c1ccccc1)N1CCOC(C(=O)O)C1. The first-order valence-electron chi connectivity index (χ1n) is 7.62. The Balaban J connectivity index is 1.87. The Morgan fingerprint density at radius 2 is 2.23 bits per heavy atom. The fourth-order valence-corrected chi connectivity index (χ4v) is 3.83. The monoisotopic (exact) mass is 324 g/mol. The lowest BCUT2D eigenvalue weighted by molar-refractivity contribution is -0.156. The van der Waals surface area contributed by atoms with E-state index in [0.717, 1.165) is 24.3 Å². The van der Waals surface area contributed by atoms with E-state index < -0.39 is 12.1 Å². The summed E-state index contributed by atoms with van der Waals surface area (Å²) >= 11 is 1.80. The van der Waals surface area contributed by atoms with Crippen LogP contribution in [0.25, 0.3) is 0 Å². The molecular weight excluding hydrogens is 300 g/mol. The van der Waals surface area contributed by atoms with Crippen molar-refractivity contribution < 1.29 is 14.6 Å². The number of nitrogens with two attached hydrogens (primary N) is 1. The number of benzene rings is 1. The fourth-order valence-electron chi connectivity index (χ4n) is 2.57. The molecule has 6 heteroatoms. The Kier molecular flexibility index (Phi) is 6.70. The predicted molar refractivity (Wildman–Crippen MR) is 88.9 cm³/mol. The Hall–Kier alpha value is -1.08. The zero-order valence-corrected chi connectivity index (χ0v) is 13.7. The van der Waals surface area contributed by atoms with E-state index in [1.54, 1.807) is 11.8 Å². The fraction of sp³-hybridized carbons (Fsp3) is 0.562. The maximum Gasteiger partial charge on any atom is 0.334 e. The van der Waals surface area contributed by atoms with Gasteiger partial charge in [-0.15, -0.1) is 11.8 Å². The molecule has 22 heavy (non-hydrogen) atoms. The molecule has 122 valence electrons. The number of nitrogens with zero attached hydrogens (tertiary/aromatic N) is 1. The van der Waals surface area contributed by atoms with Gasteiger partial charge >= 0.3 is 5.97 Å². The van der Waals surface area contributed by atoms with E-state index in [2.05, 4.69) is 11.8 Å². The van der Waals surface area contributed by atoms with Crippen LogP contribution < -0.4 is 5.73 Å². The van der Waals surface area contributed by atoms with Gasteiger partial charge < -0.3 is 15.6 Å². The highest BCUT2D eigenvalue weighted by atomic mass is 32.2. The van der Waals surface area contributed by atoms with Crippen LogP contribution in [-0.4, -0.2) is 52.9 Å². The summed E-state index contributed by atoms with van der Waals surface area (Å²) in [5.41, 5.74) is 7.38. The van der Waals surface area contributed by atoms with Crippen molar-refractivity contribution >= 4 is 17.7 Å². The first kappa shape index (κ1) is 17.3. The number of hydrogen-bond donors (Lipinski definition) is 2. The number of carbonyl (C=O) groups is 1. The summed E-state index contributed by atoms with van der Waals surface area (Å²) in [5, 5.41) is 9.38. The van der Waals surface area contributed by atoms with Gasteiger partial charge in [0, 0.05) is 24.9 Å². The summed E-state index contributed by atoms with van der Waals surface area (Å²) < 4.78 is 5.28. The Morgan fingerprint density at radius 1 is 1.50 bits per heavy atom. The lowest BCUT2D eigenvalue weighted by Gasteiger charge is -2.36. The lowest BCUT2D eigenvalue weighted by atomic mass is 10.1. The number of morpholine rings is 1. The molecule has 1 aliphatic heterocycles. The minimum Gasteiger partial charge on any atom is -0.479 e. The van der Waals surface area contributed by atoms with E-state index in [1.807, 2.05) is 30.3 Å². The number of thioether (sulfide) groups is 1. The molecule has 0 aliphatic carbocycles. The number of carboxylic acids is 1. The second kappa shape index (κ2) is 8.53. The maximum absolute atomic E-state index is 11.1. The van der Waals surface area contributed by atoms with Crippen LogP contribution in [-0.2, 0) is 9.53 Å². The summed E-state index contributed by atoms with van der Waals surface area (Å²) in [6.07, 6.45) is 0.240.